The lowest BCUT2D eigenvalue weighted by atomic mass is 9.94. The Bertz CT molecular complexity index is 1170. The number of carbonyl (C=O) groups is 1. The predicted octanol–water partition coefficient (Wildman–Crippen LogP) is 6.49. The highest BCUT2D eigenvalue weighted by molar-refractivity contribution is 7.97. The van der Waals surface area contributed by atoms with Gasteiger partial charge in [-0.05, 0) is 91.3 Å². The Morgan fingerprint density at radius 2 is 1.79 bits per heavy atom. The minimum absolute atomic E-state index is 0.0328. The van der Waals surface area contributed by atoms with Gasteiger partial charge in [-0.3, -0.25) is 4.79 Å². The summed E-state index contributed by atoms with van der Waals surface area (Å²) in [4.78, 5) is 14.5. The first-order chi connectivity index (χ1) is 16.6. The van der Waals surface area contributed by atoms with Gasteiger partial charge >= 0.3 is 0 Å². The highest BCUT2D eigenvalue weighted by Gasteiger charge is 2.51. The van der Waals surface area contributed by atoms with Crippen LogP contribution in [0.15, 0.2) is 71.6 Å². The first-order valence-corrected chi connectivity index (χ1v) is 12.7. The van der Waals surface area contributed by atoms with Crippen molar-refractivity contribution >= 4 is 23.5 Å². The Labute approximate surface area is 205 Å². The van der Waals surface area contributed by atoms with Gasteiger partial charge in [0.1, 0.15) is 0 Å². The van der Waals surface area contributed by atoms with Crippen LogP contribution in [0, 0.1) is 0 Å². The summed E-state index contributed by atoms with van der Waals surface area (Å²) in [6.45, 7) is 3.53. The number of hydrogen-bond donors (Lipinski definition) is 1. The number of rotatable bonds is 9. The summed E-state index contributed by atoms with van der Waals surface area (Å²) in [6.07, 6.45) is 4.08. The molecule has 0 aromatic heterocycles. The maximum absolute atomic E-state index is 13.3. The van der Waals surface area contributed by atoms with E-state index >= 15 is 0 Å². The Balaban J connectivity index is 1.27. The van der Waals surface area contributed by atoms with Crippen LogP contribution in [0.25, 0.3) is 11.1 Å². The van der Waals surface area contributed by atoms with Gasteiger partial charge in [-0.15, -0.1) is 0 Å². The van der Waals surface area contributed by atoms with Crippen molar-refractivity contribution in [3.05, 3.63) is 72.3 Å². The van der Waals surface area contributed by atoms with Crippen LogP contribution in [0.2, 0.25) is 0 Å². The average molecular weight is 475 g/mol. The second kappa shape index (κ2) is 9.72. The lowest BCUT2D eigenvalue weighted by molar-refractivity contribution is -0.118. The molecule has 0 radical (unpaired) electrons. The molecule has 5 rings (SSSR count). The molecule has 1 heterocycles. The summed E-state index contributed by atoms with van der Waals surface area (Å²) in [5.74, 6) is 1.49. The minimum Gasteiger partial charge on any atom is -0.454 e. The van der Waals surface area contributed by atoms with Gasteiger partial charge in [0.2, 0.25) is 12.7 Å². The molecule has 6 heteroatoms. The van der Waals surface area contributed by atoms with E-state index in [1.807, 2.05) is 36.4 Å². The number of ether oxygens (including phenoxy) is 2. The highest BCUT2D eigenvalue weighted by atomic mass is 32.2. The normalized spacial score (nSPS) is 15.4. The molecule has 1 aliphatic heterocycles. The van der Waals surface area contributed by atoms with Crippen LogP contribution in [0.4, 0.5) is 5.69 Å². The van der Waals surface area contributed by atoms with Crippen molar-refractivity contribution in [3.63, 3.8) is 0 Å². The quantitative estimate of drug-likeness (QED) is 0.359. The average Bonchev–Trinajstić information content (AvgIpc) is 3.54. The predicted molar refractivity (Wildman–Crippen MR) is 137 cm³/mol. The van der Waals surface area contributed by atoms with Crippen molar-refractivity contribution in [2.75, 3.05) is 25.7 Å². The number of anilines is 1. The molecule has 34 heavy (non-hydrogen) atoms. The van der Waals surface area contributed by atoms with Crippen LogP contribution in [0.5, 0.6) is 11.5 Å². The van der Waals surface area contributed by atoms with E-state index < -0.39 is 5.41 Å². The summed E-state index contributed by atoms with van der Waals surface area (Å²) in [7, 11) is 2.14. The van der Waals surface area contributed by atoms with Crippen LogP contribution >= 0.6 is 11.9 Å². The van der Waals surface area contributed by atoms with Crippen LogP contribution < -0.4 is 14.8 Å². The molecule has 3 aromatic rings. The summed E-state index contributed by atoms with van der Waals surface area (Å²) >= 11 is 1.77. The van der Waals surface area contributed by atoms with E-state index in [9.17, 15) is 4.79 Å². The number of fused-ring (bicyclic) bond motifs is 1. The lowest BCUT2D eigenvalue weighted by Crippen LogP contribution is -2.27. The van der Waals surface area contributed by atoms with Gasteiger partial charge < -0.3 is 14.8 Å². The number of carbonyl (C=O) groups excluding carboxylic acids is 1. The zero-order chi connectivity index (χ0) is 23.5. The minimum atomic E-state index is -0.486. The lowest BCUT2D eigenvalue weighted by Gasteiger charge is -2.17. The fourth-order valence-electron chi connectivity index (χ4n) is 4.31. The van der Waals surface area contributed by atoms with E-state index in [0.29, 0.717) is 0 Å². The largest absolute Gasteiger partial charge is 0.454 e. The van der Waals surface area contributed by atoms with E-state index in [2.05, 4.69) is 53.9 Å². The van der Waals surface area contributed by atoms with E-state index in [4.69, 9.17) is 9.47 Å². The second-order valence-electron chi connectivity index (χ2n) is 9.01. The van der Waals surface area contributed by atoms with Crippen molar-refractivity contribution in [1.82, 2.24) is 4.31 Å². The molecular weight excluding hydrogens is 444 g/mol. The van der Waals surface area contributed by atoms with Gasteiger partial charge in [0.15, 0.2) is 11.5 Å². The van der Waals surface area contributed by atoms with Gasteiger partial charge in [-0.2, -0.15) is 0 Å². The maximum Gasteiger partial charge on any atom is 0.235 e. The fraction of sp³-hybridized carbons (Fsp3) is 0.321. The Morgan fingerprint density at radius 1 is 1.00 bits per heavy atom. The molecule has 3 aromatic carbocycles. The second-order valence-corrected chi connectivity index (χ2v) is 10.3. The van der Waals surface area contributed by atoms with Gasteiger partial charge in [0, 0.05) is 17.1 Å². The number of amides is 1. The molecule has 1 saturated carbocycles. The fourth-order valence-corrected chi connectivity index (χ4v) is 5.15. The number of nitrogens with one attached hydrogen (secondary N) is 1. The molecule has 176 valence electrons. The summed E-state index contributed by atoms with van der Waals surface area (Å²) in [5.41, 5.74) is 3.53. The number of unbranched alkanes of at least 4 members (excludes halogenated alkanes) is 1. The molecule has 0 unspecified atom stereocenters. The zero-order valence-corrected chi connectivity index (χ0v) is 20.5. The maximum atomic E-state index is 13.3. The third-order valence-electron chi connectivity index (χ3n) is 6.51. The van der Waals surface area contributed by atoms with E-state index in [1.165, 1.54) is 17.7 Å². The molecule has 0 spiro atoms. The van der Waals surface area contributed by atoms with Crippen LogP contribution in [-0.2, 0) is 10.2 Å². The Kier molecular flexibility index (Phi) is 6.53. The van der Waals surface area contributed by atoms with Gasteiger partial charge in [0.25, 0.3) is 0 Å². The Hall–Kier alpha value is -2.96. The third-order valence-corrected chi connectivity index (χ3v) is 7.48. The molecule has 2 aliphatic rings. The van der Waals surface area contributed by atoms with Crippen molar-refractivity contribution < 1.29 is 14.3 Å². The third kappa shape index (κ3) is 4.79. The van der Waals surface area contributed by atoms with Gasteiger partial charge in [-0.1, -0.05) is 43.7 Å². The standard InChI is InChI=1S/C28H30N2O3S/c1-3-4-16-30(2)34-24-11-8-20(9-12-24)21-6-5-7-23(17-21)29-27(31)28(14-15-28)22-10-13-25-26(18-22)33-19-32-25/h5-13,17-18H,3-4,14-16,19H2,1-2H3,(H,29,31). The molecule has 0 bridgehead atoms. The zero-order valence-electron chi connectivity index (χ0n) is 19.7. The molecule has 0 atom stereocenters. The molecule has 5 nitrogen and oxygen atoms in total. The van der Waals surface area contributed by atoms with Crippen LogP contribution in [0.3, 0.4) is 0 Å². The van der Waals surface area contributed by atoms with Crippen LogP contribution in [-0.4, -0.2) is 30.6 Å². The van der Waals surface area contributed by atoms with Gasteiger partial charge in [0.05, 0.1) is 5.41 Å². The monoisotopic (exact) mass is 474 g/mol. The van der Waals surface area contributed by atoms with E-state index in [1.54, 1.807) is 11.9 Å². The van der Waals surface area contributed by atoms with Crippen molar-refractivity contribution in [2.24, 2.45) is 0 Å². The highest BCUT2D eigenvalue weighted by Crippen LogP contribution is 2.51. The van der Waals surface area contributed by atoms with Crippen molar-refractivity contribution in [1.29, 1.82) is 0 Å². The SMILES string of the molecule is CCCCN(C)Sc1ccc(-c2cccc(NC(=O)C3(c4ccc5c(c4)OCO5)CC3)c2)cc1. The topological polar surface area (TPSA) is 50.8 Å². The molecule has 1 amide bonds. The molecule has 1 aliphatic carbocycles. The number of hydrogen-bond acceptors (Lipinski definition) is 5. The number of benzene rings is 3. The Morgan fingerprint density at radius 3 is 2.56 bits per heavy atom. The summed E-state index contributed by atoms with van der Waals surface area (Å²) in [6, 6.07) is 22.5. The molecule has 0 saturated heterocycles. The number of nitrogens with zero attached hydrogens (tertiary/aromatic N) is 1. The smallest absolute Gasteiger partial charge is 0.235 e. The molecular formula is C28H30N2O3S. The molecule has 1 fully saturated rings. The van der Waals surface area contributed by atoms with Crippen LogP contribution in [0.1, 0.15) is 38.2 Å². The first-order valence-electron chi connectivity index (χ1n) is 11.9. The molecule has 1 N–H and O–H groups in total. The van der Waals surface area contributed by atoms with E-state index in [-0.39, 0.29) is 12.7 Å². The summed E-state index contributed by atoms with van der Waals surface area (Å²) < 4.78 is 13.2. The summed E-state index contributed by atoms with van der Waals surface area (Å²) in [5, 5.41) is 3.16. The first kappa shape index (κ1) is 22.8. The van der Waals surface area contributed by atoms with E-state index in [0.717, 1.165) is 53.3 Å². The van der Waals surface area contributed by atoms with Crippen molar-refractivity contribution in [2.45, 2.75) is 42.9 Å². The van der Waals surface area contributed by atoms with Crippen molar-refractivity contribution in [3.8, 4) is 22.6 Å². The van der Waals surface area contributed by atoms with Gasteiger partial charge in [-0.25, -0.2) is 4.31 Å².